The maximum Gasteiger partial charge on any atom is 0.0991 e. The van der Waals surface area contributed by atoms with Crippen LogP contribution in [0.5, 0.6) is 0 Å². The first-order valence-corrected chi connectivity index (χ1v) is 6.15. The summed E-state index contributed by atoms with van der Waals surface area (Å²) in [7, 11) is 0. The van der Waals surface area contributed by atoms with Crippen molar-refractivity contribution in [1.82, 2.24) is 4.90 Å². The van der Waals surface area contributed by atoms with Gasteiger partial charge < -0.3 is 9.64 Å². The van der Waals surface area contributed by atoms with Crippen molar-refractivity contribution >= 4 is 5.84 Å². The summed E-state index contributed by atoms with van der Waals surface area (Å²) in [4.78, 5) is 2.23. The van der Waals surface area contributed by atoms with Gasteiger partial charge in [-0.05, 0) is 26.7 Å². The molecule has 1 saturated carbocycles. The summed E-state index contributed by atoms with van der Waals surface area (Å²) >= 11 is 0. The van der Waals surface area contributed by atoms with Gasteiger partial charge in [0.25, 0.3) is 0 Å². The minimum Gasteiger partial charge on any atom is -0.372 e. The van der Waals surface area contributed by atoms with Crippen molar-refractivity contribution in [3.05, 3.63) is 0 Å². The Bertz CT molecular complexity index is 226. The maximum absolute atomic E-state index is 8.23. The lowest BCUT2D eigenvalue weighted by molar-refractivity contribution is -0.0494. The Kier molecular flexibility index (Phi) is 3.29. The zero-order valence-corrected chi connectivity index (χ0v) is 9.83. The fourth-order valence-corrected chi connectivity index (χ4v) is 2.83. The molecule has 3 heteroatoms. The van der Waals surface area contributed by atoms with E-state index in [1.54, 1.807) is 0 Å². The molecule has 3 nitrogen and oxygen atoms in total. The third kappa shape index (κ3) is 2.51. The van der Waals surface area contributed by atoms with E-state index in [0.717, 1.165) is 18.9 Å². The van der Waals surface area contributed by atoms with E-state index in [1.807, 2.05) is 0 Å². The van der Waals surface area contributed by atoms with Crippen molar-refractivity contribution < 1.29 is 4.74 Å². The Morgan fingerprint density at radius 2 is 1.67 bits per heavy atom. The molecule has 2 fully saturated rings. The van der Waals surface area contributed by atoms with Crippen LogP contribution in [-0.2, 0) is 4.74 Å². The van der Waals surface area contributed by atoms with Gasteiger partial charge in [-0.15, -0.1) is 0 Å². The predicted molar refractivity (Wildman–Crippen MR) is 61.3 cm³/mol. The first kappa shape index (κ1) is 10.9. The minimum atomic E-state index is 0.274. The number of morpholine rings is 1. The number of hydrogen-bond acceptors (Lipinski definition) is 2. The number of amidine groups is 1. The second-order valence-corrected chi connectivity index (χ2v) is 5.03. The molecule has 0 radical (unpaired) electrons. The summed E-state index contributed by atoms with van der Waals surface area (Å²) in [6.07, 6.45) is 5.61. The van der Waals surface area contributed by atoms with Gasteiger partial charge >= 0.3 is 0 Å². The summed E-state index contributed by atoms with van der Waals surface area (Å²) in [5, 5.41) is 8.23. The van der Waals surface area contributed by atoms with Crippen molar-refractivity contribution in [1.29, 1.82) is 5.41 Å². The van der Waals surface area contributed by atoms with Crippen molar-refractivity contribution in [2.24, 2.45) is 5.92 Å². The molecule has 2 rings (SSSR count). The molecule has 2 atom stereocenters. The van der Waals surface area contributed by atoms with Crippen LogP contribution in [0, 0.1) is 11.3 Å². The third-order valence-electron chi connectivity index (χ3n) is 3.50. The van der Waals surface area contributed by atoms with Crippen LogP contribution in [0.1, 0.15) is 39.5 Å². The van der Waals surface area contributed by atoms with Crippen molar-refractivity contribution in [2.45, 2.75) is 51.7 Å². The quantitative estimate of drug-likeness (QED) is 0.532. The maximum atomic E-state index is 8.23. The Balaban J connectivity index is 1.93. The van der Waals surface area contributed by atoms with Crippen LogP contribution in [-0.4, -0.2) is 36.0 Å². The van der Waals surface area contributed by atoms with Gasteiger partial charge in [0.15, 0.2) is 0 Å². The van der Waals surface area contributed by atoms with Crippen molar-refractivity contribution in [3.63, 3.8) is 0 Å². The molecule has 0 aromatic carbocycles. The molecule has 0 aromatic rings. The van der Waals surface area contributed by atoms with Crippen LogP contribution in [0.3, 0.4) is 0 Å². The second-order valence-electron chi connectivity index (χ2n) is 5.03. The van der Waals surface area contributed by atoms with Gasteiger partial charge in [0.2, 0.25) is 0 Å². The average Bonchev–Trinajstić information content (AvgIpc) is 2.67. The van der Waals surface area contributed by atoms with E-state index in [-0.39, 0.29) is 12.2 Å². The number of hydrogen-bond donors (Lipinski definition) is 1. The summed E-state index contributed by atoms with van der Waals surface area (Å²) < 4.78 is 5.69. The summed E-state index contributed by atoms with van der Waals surface area (Å²) in [5.41, 5.74) is 0. The van der Waals surface area contributed by atoms with Gasteiger partial charge in [-0.25, -0.2) is 0 Å². The third-order valence-corrected chi connectivity index (χ3v) is 3.50. The molecular formula is C12H22N2O. The topological polar surface area (TPSA) is 36.3 Å². The molecule has 0 bridgehead atoms. The highest BCUT2D eigenvalue weighted by Crippen LogP contribution is 2.27. The first-order chi connectivity index (χ1) is 7.16. The SMILES string of the molecule is C[C@@H]1CN(C(=N)C2CCCC2)C[C@H](C)O1. The van der Waals surface area contributed by atoms with E-state index >= 15 is 0 Å². The number of nitrogens with zero attached hydrogens (tertiary/aromatic N) is 1. The Morgan fingerprint density at radius 3 is 2.20 bits per heavy atom. The van der Waals surface area contributed by atoms with E-state index in [1.165, 1.54) is 25.7 Å². The molecule has 0 unspecified atom stereocenters. The van der Waals surface area contributed by atoms with Gasteiger partial charge in [-0.2, -0.15) is 0 Å². The van der Waals surface area contributed by atoms with Gasteiger partial charge in [0, 0.05) is 19.0 Å². The van der Waals surface area contributed by atoms with Crippen LogP contribution in [0.4, 0.5) is 0 Å². The van der Waals surface area contributed by atoms with E-state index in [0.29, 0.717) is 5.92 Å². The summed E-state index contributed by atoms with van der Waals surface area (Å²) in [5.74, 6) is 1.40. The van der Waals surface area contributed by atoms with Crippen molar-refractivity contribution in [2.75, 3.05) is 13.1 Å². The number of rotatable bonds is 1. The van der Waals surface area contributed by atoms with E-state index in [2.05, 4.69) is 18.7 Å². The highest BCUT2D eigenvalue weighted by Gasteiger charge is 2.29. The minimum absolute atomic E-state index is 0.274. The molecule has 86 valence electrons. The van der Waals surface area contributed by atoms with E-state index in [4.69, 9.17) is 10.1 Å². The Hall–Kier alpha value is -0.570. The van der Waals surface area contributed by atoms with E-state index in [9.17, 15) is 0 Å². The smallest absolute Gasteiger partial charge is 0.0991 e. The highest BCUT2D eigenvalue weighted by molar-refractivity contribution is 5.82. The molecule has 15 heavy (non-hydrogen) atoms. The molecule has 1 saturated heterocycles. The average molecular weight is 210 g/mol. The fraction of sp³-hybridized carbons (Fsp3) is 0.917. The Labute approximate surface area is 92.3 Å². The molecule has 0 aromatic heterocycles. The van der Waals surface area contributed by atoms with Crippen LogP contribution >= 0.6 is 0 Å². The fourth-order valence-electron chi connectivity index (χ4n) is 2.83. The molecule has 1 heterocycles. The largest absolute Gasteiger partial charge is 0.372 e. The number of ether oxygens (including phenoxy) is 1. The first-order valence-electron chi connectivity index (χ1n) is 6.15. The number of nitrogens with one attached hydrogen (secondary N) is 1. The predicted octanol–water partition coefficient (Wildman–Crippen LogP) is 2.26. The summed E-state index contributed by atoms with van der Waals surface area (Å²) in [6.45, 7) is 6.01. The normalized spacial score (nSPS) is 33.3. The highest BCUT2D eigenvalue weighted by atomic mass is 16.5. The zero-order chi connectivity index (χ0) is 10.8. The lowest BCUT2D eigenvalue weighted by Crippen LogP contribution is -2.49. The molecular weight excluding hydrogens is 188 g/mol. The van der Waals surface area contributed by atoms with Crippen LogP contribution < -0.4 is 0 Å². The molecule has 0 spiro atoms. The molecule has 1 aliphatic carbocycles. The van der Waals surface area contributed by atoms with E-state index < -0.39 is 0 Å². The summed E-state index contributed by atoms with van der Waals surface area (Å²) in [6, 6.07) is 0. The van der Waals surface area contributed by atoms with Crippen LogP contribution in [0.15, 0.2) is 0 Å². The van der Waals surface area contributed by atoms with Crippen LogP contribution in [0.2, 0.25) is 0 Å². The standard InChI is InChI=1S/C12H22N2O/c1-9-7-14(8-10(2)15-9)12(13)11-5-3-4-6-11/h9-11,13H,3-8H2,1-2H3/t9-,10+. The molecule has 1 aliphatic heterocycles. The Morgan fingerprint density at radius 1 is 1.13 bits per heavy atom. The molecule has 1 N–H and O–H groups in total. The molecule has 0 amide bonds. The molecule has 2 aliphatic rings. The monoisotopic (exact) mass is 210 g/mol. The van der Waals surface area contributed by atoms with Gasteiger partial charge in [-0.1, -0.05) is 12.8 Å². The lowest BCUT2D eigenvalue weighted by atomic mass is 10.0. The van der Waals surface area contributed by atoms with Gasteiger partial charge in [0.05, 0.1) is 18.0 Å². The second kappa shape index (κ2) is 4.52. The van der Waals surface area contributed by atoms with Crippen molar-refractivity contribution in [3.8, 4) is 0 Å². The van der Waals surface area contributed by atoms with Gasteiger partial charge in [-0.3, -0.25) is 5.41 Å². The van der Waals surface area contributed by atoms with Crippen LogP contribution in [0.25, 0.3) is 0 Å². The lowest BCUT2D eigenvalue weighted by Gasteiger charge is -2.38. The van der Waals surface area contributed by atoms with Gasteiger partial charge in [0.1, 0.15) is 0 Å². The zero-order valence-electron chi connectivity index (χ0n) is 9.83.